The minimum Gasteiger partial charge on any atom is -0.435 e. The molecule has 8 heteroatoms. The first-order valence-electron chi connectivity index (χ1n) is 11.6. The summed E-state index contributed by atoms with van der Waals surface area (Å²) < 4.78 is 30.0. The van der Waals surface area contributed by atoms with Crippen LogP contribution in [0.1, 0.15) is 46.8 Å². The molecule has 0 N–H and O–H groups in total. The van der Waals surface area contributed by atoms with Gasteiger partial charge in [0.1, 0.15) is 5.75 Å². The molecule has 1 aliphatic heterocycles. The summed E-state index contributed by atoms with van der Waals surface area (Å²) in [6.45, 7) is -2.98. The molecule has 1 fully saturated rings. The van der Waals surface area contributed by atoms with Crippen LogP contribution in [0.5, 0.6) is 5.75 Å². The summed E-state index contributed by atoms with van der Waals surface area (Å²) in [5.41, 5.74) is 4.06. The van der Waals surface area contributed by atoms with Crippen molar-refractivity contribution in [3.8, 4) is 5.75 Å². The van der Waals surface area contributed by atoms with Crippen molar-refractivity contribution in [2.45, 2.75) is 31.9 Å². The monoisotopic (exact) mass is 526 g/mol. The van der Waals surface area contributed by atoms with E-state index in [-0.39, 0.29) is 29.2 Å². The van der Waals surface area contributed by atoms with Gasteiger partial charge in [-0.05, 0) is 84.5 Å². The van der Waals surface area contributed by atoms with E-state index >= 15 is 0 Å². The van der Waals surface area contributed by atoms with E-state index in [2.05, 4.69) is 10.8 Å². The number of nitrogens with zero attached hydrogens (tertiary/aromatic N) is 2. The van der Waals surface area contributed by atoms with E-state index in [1.807, 2.05) is 36.4 Å². The fourth-order valence-electron chi connectivity index (χ4n) is 4.86. The molecule has 36 heavy (non-hydrogen) atoms. The van der Waals surface area contributed by atoms with Crippen molar-refractivity contribution in [1.29, 1.82) is 0 Å². The average molecular weight is 527 g/mol. The molecule has 5 rings (SSSR count). The Kier molecular flexibility index (Phi) is 7.08. The Morgan fingerprint density at radius 1 is 1.03 bits per heavy atom. The third kappa shape index (κ3) is 5.15. The molecule has 1 aliphatic carbocycles. The van der Waals surface area contributed by atoms with Crippen LogP contribution in [0.25, 0.3) is 6.08 Å². The fraction of sp³-hybridized carbons (Fsp3) is 0.214. The third-order valence-electron chi connectivity index (χ3n) is 6.44. The second-order valence-electron chi connectivity index (χ2n) is 8.76. The molecule has 3 aromatic rings. The lowest BCUT2D eigenvalue weighted by atomic mass is 9.77. The molecule has 184 valence electrons. The Morgan fingerprint density at radius 3 is 2.42 bits per heavy atom. The van der Waals surface area contributed by atoms with Crippen LogP contribution in [0.3, 0.4) is 0 Å². The summed E-state index contributed by atoms with van der Waals surface area (Å²) in [5.74, 6) is -0.475. The van der Waals surface area contributed by atoms with E-state index in [9.17, 15) is 13.6 Å². The molecule has 1 heterocycles. The van der Waals surface area contributed by atoms with Gasteiger partial charge in [0.25, 0.3) is 5.91 Å². The van der Waals surface area contributed by atoms with Gasteiger partial charge in [0.05, 0.1) is 11.8 Å². The Labute approximate surface area is 217 Å². The minimum absolute atomic E-state index is 0.0112. The smallest absolute Gasteiger partial charge is 0.387 e. The third-order valence-corrected chi connectivity index (χ3v) is 6.94. The predicted molar refractivity (Wildman–Crippen MR) is 138 cm³/mol. The minimum atomic E-state index is -2.98. The Bertz CT molecular complexity index is 1320. The molecular formula is C28H22Cl2F2N2O2. The number of rotatable bonds is 5. The molecule has 0 aromatic heterocycles. The SMILES string of the molecule is O=C(c1cccc(OC(F)F)c1)N1N=C2C(=Cc3ccc(Cl)cc3)CCCC2C1c1ccc(Cl)cc1. The Hall–Kier alpha value is -3.22. The van der Waals surface area contributed by atoms with E-state index in [1.165, 1.54) is 23.2 Å². The van der Waals surface area contributed by atoms with Crippen LogP contribution in [-0.2, 0) is 0 Å². The number of halogens is 4. The van der Waals surface area contributed by atoms with Crippen LogP contribution in [0.4, 0.5) is 8.78 Å². The van der Waals surface area contributed by atoms with Gasteiger partial charge in [-0.2, -0.15) is 13.9 Å². The molecule has 0 radical (unpaired) electrons. The summed E-state index contributed by atoms with van der Waals surface area (Å²) >= 11 is 12.2. The summed E-state index contributed by atoms with van der Waals surface area (Å²) in [7, 11) is 0. The molecule has 3 aromatic carbocycles. The van der Waals surface area contributed by atoms with Crippen LogP contribution < -0.4 is 4.74 Å². The summed E-state index contributed by atoms with van der Waals surface area (Å²) in [4.78, 5) is 13.7. The summed E-state index contributed by atoms with van der Waals surface area (Å²) in [6.07, 6.45) is 4.74. The van der Waals surface area contributed by atoms with Gasteiger partial charge < -0.3 is 4.74 Å². The number of amides is 1. The lowest BCUT2D eigenvalue weighted by Gasteiger charge is -2.29. The Morgan fingerprint density at radius 2 is 1.72 bits per heavy atom. The van der Waals surface area contributed by atoms with Gasteiger partial charge in [-0.1, -0.05) is 53.5 Å². The molecule has 2 unspecified atom stereocenters. The van der Waals surface area contributed by atoms with E-state index in [1.54, 1.807) is 18.2 Å². The van der Waals surface area contributed by atoms with Crippen molar-refractivity contribution < 1.29 is 18.3 Å². The van der Waals surface area contributed by atoms with Gasteiger partial charge in [0, 0.05) is 21.5 Å². The van der Waals surface area contributed by atoms with Crippen LogP contribution >= 0.6 is 23.2 Å². The number of alkyl halides is 2. The van der Waals surface area contributed by atoms with E-state index in [0.717, 1.165) is 41.7 Å². The molecule has 0 saturated heterocycles. The van der Waals surface area contributed by atoms with Gasteiger partial charge in [0.2, 0.25) is 0 Å². The van der Waals surface area contributed by atoms with Crippen molar-refractivity contribution in [2.75, 3.05) is 0 Å². The second kappa shape index (κ2) is 10.4. The number of fused-ring (bicyclic) bond motifs is 1. The first kappa shape index (κ1) is 24.5. The van der Waals surface area contributed by atoms with Crippen molar-refractivity contribution in [3.63, 3.8) is 0 Å². The normalized spacial score (nSPS) is 20.4. The highest BCUT2D eigenvalue weighted by Gasteiger charge is 2.44. The maximum atomic E-state index is 13.7. The highest BCUT2D eigenvalue weighted by molar-refractivity contribution is 6.30. The summed E-state index contributed by atoms with van der Waals surface area (Å²) in [6, 6.07) is 20.4. The topological polar surface area (TPSA) is 41.9 Å². The highest BCUT2D eigenvalue weighted by Crippen LogP contribution is 2.45. The number of carbonyl (C=O) groups is 1. The zero-order valence-electron chi connectivity index (χ0n) is 19.1. The number of benzene rings is 3. The molecule has 4 nitrogen and oxygen atoms in total. The van der Waals surface area contributed by atoms with Gasteiger partial charge in [0.15, 0.2) is 0 Å². The maximum absolute atomic E-state index is 13.7. The number of hydrogen-bond donors (Lipinski definition) is 0. The van der Waals surface area contributed by atoms with Crippen LogP contribution in [0, 0.1) is 5.92 Å². The van der Waals surface area contributed by atoms with Gasteiger partial charge in [-0.25, -0.2) is 5.01 Å². The number of allylic oxidation sites excluding steroid dienone is 1. The molecular weight excluding hydrogens is 505 g/mol. The summed E-state index contributed by atoms with van der Waals surface area (Å²) in [5, 5.41) is 7.57. The second-order valence-corrected chi connectivity index (χ2v) is 9.63. The standard InChI is InChI=1S/C28H22Cl2F2N2O2/c29-21-11-7-17(8-12-21)15-19-3-2-6-24-25(19)33-34(26(24)18-9-13-22(30)14-10-18)27(35)20-4-1-5-23(16-20)36-28(31)32/h1,4-5,7-16,24,26,28H,2-3,6H2. The van der Waals surface area contributed by atoms with Crippen molar-refractivity contribution in [3.05, 3.63) is 105 Å². The maximum Gasteiger partial charge on any atom is 0.387 e. The van der Waals surface area contributed by atoms with Crippen molar-refractivity contribution >= 4 is 40.9 Å². The van der Waals surface area contributed by atoms with Gasteiger partial charge in [-0.3, -0.25) is 4.79 Å². The van der Waals surface area contributed by atoms with E-state index in [0.29, 0.717) is 10.0 Å². The van der Waals surface area contributed by atoms with Crippen molar-refractivity contribution in [1.82, 2.24) is 5.01 Å². The zero-order valence-corrected chi connectivity index (χ0v) is 20.6. The van der Waals surface area contributed by atoms with E-state index in [4.69, 9.17) is 28.3 Å². The zero-order chi connectivity index (χ0) is 25.2. The van der Waals surface area contributed by atoms with Crippen LogP contribution in [-0.4, -0.2) is 23.2 Å². The van der Waals surface area contributed by atoms with Gasteiger partial charge >= 0.3 is 6.61 Å². The van der Waals surface area contributed by atoms with Gasteiger partial charge in [-0.15, -0.1) is 0 Å². The van der Waals surface area contributed by atoms with Crippen LogP contribution in [0.2, 0.25) is 10.0 Å². The quantitative estimate of drug-likeness (QED) is 0.337. The van der Waals surface area contributed by atoms with E-state index < -0.39 is 6.61 Å². The van der Waals surface area contributed by atoms with Crippen LogP contribution in [0.15, 0.2) is 83.5 Å². The lowest BCUT2D eigenvalue weighted by molar-refractivity contribution is -0.0499. The largest absolute Gasteiger partial charge is 0.435 e. The number of hydrogen-bond acceptors (Lipinski definition) is 3. The first-order valence-corrected chi connectivity index (χ1v) is 12.3. The fourth-order valence-corrected chi connectivity index (χ4v) is 5.11. The Balaban J connectivity index is 1.55. The predicted octanol–water partition coefficient (Wildman–Crippen LogP) is 8.03. The molecule has 2 aliphatic rings. The molecule has 1 saturated carbocycles. The van der Waals surface area contributed by atoms with Crippen molar-refractivity contribution in [2.24, 2.45) is 11.0 Å². The lowest BCUT2D eigenvalue weighted by Crippen LogP contribution is -2.31. The number of hydrazone groups is 1. The first-order chi connectivity index (χ1) is 17.4. The molecule has 1 amide bonds. The molecule has 0 spiro atoms. The highest BCUT2D eigenvalue weighted by atomic mass is 35.5. The molecule has 2 atom stereocenters. The number of carbonyl (C=O) groups excluding carboxylic acids is 1. The average Bonchev–Trinajstić information content (AvgIpc) is 3.26. The molecule has 0 bridgehead atoms. The number of ether oxygens (including phenoxy) is 1.